The van der Waals surface area contributed by atoms with Gasteiger partial charge in [-0.1, -0.05) is 35.4 Å². The van der Waals surface area contributed by atoms with E-state index in [4.69, 9.17) is 5.53 Å². The third kappa shape index (κ3) is 2.40. The van der Waals surface area contributed by atoms with Crippen molar-refractivity contribution >= 4 is 0 Å². The molecule has 1 aromatic rings. The molecule has 0 saturated heterocycles. The van der Waals surface area contributed by atoms with Crippen LogP contribution in [0.15, 0.2) is 35.4 Å². The van der Waals surface area contributed by atoms with Crippen LogP contribution in [0.4, 0.5) is 0 Å². The van der Waals surface area contributed by atoms with Gasteiger partial charge in [0.15, 0.2) is 6.04 Å². The van der Waals surface area contributed by atoms with Crippen molar-refractivity contribution in [1.29, 1.82) is 0 Å². The van der Waals surface area contributed by atoms with Crippen molar-refractivity contribution in [1.82, 2.24) is 0 Å². The number of azide groups is 1. The molecule has 5 nitrogen and oxygen atoms in total. The topological polar surface area (TPSA) is 76.2 Å². The minimum atomic E-state index is -0.733. The van der Waals surface area contributed by atoms with Crippen LogP contribution in [0.25, 0.3) is 15.5 Å². The van der Waals surface area contributed by atoms with Crippen LogP contribution in [0.1, 0.15) is 11.6 Å². The van der Waals surface area contributed by atoms with Gasteiger partial charge in [0.25, 0.3) is 0 Å². The largest absolute Gasteiger partial charge is 0.498 e. The smallest absolute Gasteiger partial charge is 0.312 e. The van der Waals surface area contributed by atoms with E-state index < -0.39 is 6.04 Å². The van der Waals surface area contributed by atoms with Gasteiger partial charge in [-0.2, -0.15) is 0 Å². The Balaban J connectivity index is 2.99. The van der Waals surface area contributed by atoms with Crippen LogP contribution < -0.4 is 0 Å². The Kier molecular flexibility index (Phi) is 3.19. The van der Waals surface area contributed by atoms with E-state index in [1.807, 2.05) is 6.07 Å². The average Bonchev–Trinajstić information content (AvgIpc) is 2.19. The molecular formula is C8H6N4O. The molecule has 0 fully saturated rings. The lowest BCUT2D eigenvalue weighted by Gasteiger charge is -1.96. The van der Waals surface area contributed by atoms with E-state index in [2.05, 4.69) is 21.1 Å². The van der Waals surface area contributed by atoms with E-state index >= 15 is 0 Å². The third-order valence-corrected chi connectivity index (χ3v) is 1.46. The summed E-state index contributed by atoms with van der Waals surface area (Å²) >= 11 is 0. The standard InChI is InChI=1S/C8H6N4O/c9-12-11-8(6-10-13)7-4-2-1-3-5-7/h1-5,8H. The molecule has 13 heavy (non-hydrogen) atoms. The van der Waals surface area contributed by atoms with Gasteiger partial charge in [-0.05, 0) is 11.1 Å². The molecule has 0 heterocycles. The van der Waals surface area contributed by atoms with Crippen LogP contribution in [0.3, 0.4) is 0 Å². The van der Waals surface area contributed by atoms with Crippen molar-refractivity contribution in [2.75, 3.05) is 0 Å². The highest BCUT2D eigenvalue weighted by atomic mass is 16.4. The van der Waals surface area contributed by atoms with Gasteiger partial charge in [0.05, 0.1) is 0 Å². The fourth-order valence-electron chi connectivity index (χ4n) is 0.904. The molecule has 0 N–H and O–H groups in total. The molecule has 1 rings (SSSR count). The molecule has 1 unspecified atom stereocenters. The highest BCUT2D eigenvalue weighted by molar-refractivity contribution is 5.25. The summed E-state index contributed by atoms with van der Waals surface area (Å²) in [5.74, 6) is 0. The molecule has 0 radical (unpaired) electrons. The summed E-state index contributed by atoms with van der Waals surface area (Å²) in [4.78, 5) is 2.59. The molecule has 0 aliphatic carbocycles. The Bertz CT molecular complexity index is 372. The Morgan fingerprint density at radius 1 is 1.38 bits per heavy atom. The van der Waals surface area contributed by atoms with Crippen LogP contribution in [0.2, 0.25) is 0 Å². The van der Waals surface area contributed by atoms with Crippen LogP contribution in [-0.2, 0) is 0 Å². The van der Waals surface area contributed by atoms with Gasteiger partial charge < -0.3 is 5.21 Å². The highest BCUT2D eigenvalue weighted by Gasteiger charge is 2.10. The molecular weight excluding hydrogens is 168 g/mol. The summed E-state index contributed by atoms with van der Waals surface area (Å²) in [6.45, 7) is 0. The SMILES string of the molecule is [N-]=[N+]=NC(C#[N+][O-])c1ccccc1. The normalized spacial score (nSPS) is 10.5. The number of benzene rings is 1. The Morgan fingerprint density at radius 2 is 2.08 bits per heavy atom. The average molecular weight is 174 g/mol. The molecule has 0 aliphatic heterocycles. The first-order valence-corrected chi connectivity index (χ1v) is 3.55. The monoisotopic (exact) mass is 174 g/mol. The molecule has 0 amide bonds. The maximum Gasteiger partial charge on any atom is 0.312 e. The first-order valence-electron chi connectivity index (χ1n) is 3.55. The van der Waals surface area contributed by atoms with E-state index in [-0.39, 0.29) is 0 Å². The van der Waals surface area contributed by atoms with Gasteiger partial charge in [0.2, 0.25) is 0 Å². The molecule has 64 valence electrons. The van der Waals surface area contributed by atoms with E-state index in [1.165, 1.54) is 0 Å². The maximum absolute atomic E-state index is 9.92. The lowest BCUT2D eigenvalue weighted by atomic mass is 10.1. The molecule has 1 atom stereocenters. The van der Waals surface area contributed by atoms with E-state index in [1.54, 1.807) is 24.3 Å². The third-order valence-electron chi connectivity index (χ3n) is 1.46. The molecule has 5 heteroatoms. The van der Waals surface area contributed by atoms with Gasteiger partial charge >= 0.3 is 6.07 Å². The summed E-state index contributed by atoms with van der Waals surface area (Å²) in [7, 11) is 0. The Labute approximate surface area is 74.6 Å². The Hall–Kier alpha value is -2.18. The lowest BCUT2D eigenvalue weighted by molar-refractivity contribution is 0.927. The van der Waals surface area contributed by atoms with E-state index in [9.17, 15) is 5.21 Å². The predicted molar refractivity (Wildman–Crippen MR) is 48.9 cm³/mol. The lowest BCUT2D eigenvalue weighted by Crippen LogP contribution is -1.88. The minimum absolute atomic E-state index is 0.694. The van der Waals surface area contributed by atoms with Gasteiger partial charge in [0.1, 0.15) is 0 Å². The molecule has 0 spiro atoms. The first-order chi connectivity index (χ1) is 6.38. The number of rotatable bonds is 2. The van der Waals surface area contributed by atoms with Crippen molar-refractivity contribution in [2.24, 2.45) is 5.11 Å². The van der Waals surface area contributed by atoms with Crippen LogP contribution in [0.5, 0.6) is 0 Å². The van der Waals surface area contributed by atoms with Crippen molar-refractivity contribution < 1.29 is 0 Å². The second-order valence-electron chi connectivity index (χ2n) is 2.24. The quantitative estimate of drug-likeness (QED) is 0.294. The predicted octanol–water partition coefficient (Wildman–Crippen LogP) is 2.87. The number of hydrogen-bond acceptors (Lipinski definition) is 2. The van der Waals surface area contributed by atoms with Gasteiger partial charge in [-0.3, -0.25) is 0 Å². The fourth-order valence-corrected chi connectivity index (χ4v) is 0.904. The second kappa shape index (κ2) is 4.65. The minimum Gasteiger partial charge on any atom is -0.498 e. The van der Waals surface area contributed by atoms with Crippen LogP contribution >= 0.6 is 0 Å². The highest BCUT2D eigenvalue weighted by Crippen LogP contribution is 2.15. The second-order valence-corrected chi connectivity index (χ2v) is 2.24. The zero-order valence-electron chi connectivity index (χ0n) is 6.66. The summed E-state index contributed by atoms with van der Waals surface area (Å²) in [6, 6.07) is 10.3. The van der Waals surface area contributed by atoms with Crippen molar-refractivity contribution in [2.45, 2.75) is 6.04 Å². The number of hydrogen-bond donors (Lipinski definition) is 0. The molecule has 0 saturated carbocycles. The van der Waals surface area contributed by atoms with Gasteiger partial charge in [0, 0.05) is 9.92 Å². The number of nitrogens with zero attached hydrogens (tertiary/aromatic N) is 4. The maximum atomic E-state index is 9.92. The molecule has 0 bridgehead atoms. The van der Waals surface area contributed by atoms with E-state index in [0.717, 1.165) is 0 Å². The molecule has 1 aromatic carbocycles. The van der Waals surface area contributed by atoms with Crippen molar-refractivity contribution in [3.8, 4) is 6.07 Å². The van der Waals surface area contributed by atoms with Crippen molar-refractivity contribution in [3.05, 3.63) is 56.6 Å². The Morgan fingerprint density at radius 3 is 2.62 bits per heavy atom. The summed E-state index contributed by atoms with van der Waals surface area (Å²) in [5, 5.41) is 15.7. The zero-order chi connectivity index (χ0) is 9.52. The summed E-state index contributed by atoms with van der Waals surface area (Å²) < 4.78 is 0. The zero-order valence-corrected chi connectivity index (χ0v) is 6.66. The first kappa shape index (κ1) is 8.91. The van der Waals surface area contributed by atoms with E-state index in [0.29, 0.717) is 5.56 Å². The molecule has 0 aromatic heterocycles. The van der Waals surface area contributed by atoms with Gasteiger partial charge in [-0.25, -0.2) is 0 Å². The fraction of sp³-hybridized carbons (Fsp3) is 0.125. The molecule has 0 aliphatic rings. The van der Waals surface area contributed by atoms with Crippen molar-refractivity contribution in [3.63, 3.8) is 0 Å². The summed E-state index contributed by atoms with van der Waals surface area (Å²) in [5.41, 5.74) is 8.89. The van der Waals surface area contributed by atoms with Crippen LogP contribution in [-0.4, -0.2) is 0 Å². The van der Waals surface area contributed by atoms with Crippen LogP contribution in [0, 0.1) is 11.3 Å². The summed E-state index contributed by atoms with van der Waals surface area (Å²) in [6.07, 6.45) is 0. The van der Waals surface area contributed by atoms with Gasteiger partial charge in [-0.15, -0.1) is 0 Å².